The Morgan fingerprint density at radius 1 is 1.48 bits per heavy atom. The van der Waals surface area contributed by atoms with Crippen LogP contribution in [0.5, 0.6) is 0 Å². The van der Waals surface area contributed by atoms with E-state index in [-0.39, 0.29) is 12.0 Å². The Labute approximate surface area is 143 Å². The minimum Gasteiger partial charge on any atom is -0.469 e. The topological polar surface area (TPSA) is 100 Å². The van der Waals surface area contributed by atoms with Crippen LogP contribution in [0.2, 0.25) is 0 Å². The van der Waals surface area contributed by atoms with Crippen LogP contribution in [0.25, 0.3) is 11.3 Å². The molecule has 1 amide bonds. The van der Waals surface area contributed by atoms with E-state index in [1.165, 1.54) is 6.26 Å². The van der Waals surface area contributed by atoms with Crippen LogP contribution < -0.4 is 5.32 Å². The molecule has 0 fully saturated rings. The van der Waals surface area contributed by atoms with Crippen molar-refractivity contribution in [1.82, 2.24) is 30.1 Å². The van der Waals surface area contributed by atoms with Gasteiger partial charge in [-0.05, 0) is 13.0 Å². The van der Waals surface area contributed by atoms with Gasteiger partial charge in [-0.3, -0.25) is 9.48 Å². The molecule has 130 valence electrons. The lowest BCUT2D eigenvalue weighted by atomic mass is 10.2. The quantitative estimate of drug-likeness (QED) is 0.756. The lowest BCUT2D eigenvalue weighted by molar-refractivity contribution is 0.00176. The number of carbonyl (C=O) groups is 1. The van der Waals surface area contributed by atoms with Gasteiger partial charge >= 0.3 is 0 Å². The number of fused-ring (bicyclic) bond motifs is 1. The Balaban J connectivity index is 1.41. The smallest absolute Gasteiger partial charge is 0.254 e. The molecule has 0 aliphatic carbocycles. The minimum absolute atomic E-state index is 0.160. The van der Waals surface area contributed by atoms with Gasteiger partial charge in [0.25, 0.3) is 5.91 Å². The van der Waals surface area contributed by atoms with Gasteiger partial charge in [-0.25, -0.2) is 4.68 Å². The van der Waals surface area contributed by atoms with Crippen molar-refractivity contribution < 1.29 is 13.9 Å². The van der Waals surface area contributed by atoms with Gasteiger partial charge in [0.2, 0.25) is 0 Å². The van der Waals surface area contributed by atoms with Gasteiger partial charge in [0.15, 0.2) is 0 Å². The first-order valence-corrected chi connectivity index (χ1v) is 7.97. The van der Waals surface area contributed by atoms with Crippen LogP contribution in [0.1, 0.15) is 21.8 Å². The van der Waals surface area contributed by atoms with Gasteiger partial charge < -0.3 is 14.5 Å². The zero-order valence-electron chi connectivity index (χ0n) is 14.0. The van der Waals surface area contributed by atoms with E-state index in [2.05, 4.69) is 20.7 Å². The fourth-order valence-electron chi connectivity index (χ4n) is 2.88. The number of hydrogen-bond donors (Lipinski definition) is 1. The third-order valence-corrected chi connectivity index (χ3v) is 4.24. The second-order valence-corrected chi connectivity index (χ2v) is 6.00. The zero-order chi connectivity index (χ0) is 17.4. The maximum atomic E-state index is 12.1. The lowest BCUT2D eigenvalue weighted by Gasteiger charge is -2.24. The van der Waals surface area contributed by atoms with E-state index >= 15 is 0 Å². The SMILES string of the molecule is Cc1occc1C(=O)NC[C@H]1Cn2nnc(-c3cnn(C)c3)c2CO1. The van der Waals surface area contributed by atoms with E-state index in [1.54, 1.807) is 23.9 Å². The number of aryl methyl sites for hydroxylation is 2. The first-order valence-electron chi connectivity index (χ1n) is 7.97. The Bertz CT molecular complexity index is 909. The number of rotatable bonds is 4. The summed E-state index contributed by atoms with van der Waals surface area (Å²) in [5, 5.41) is 15.5. The molecule has 1 aliphatic heterocycles. The number of nitrogens with one attached hydrogen (secondary N) is 1. The van der Waals surface area contributed by atoms with E-state index in [1.807, 2.05) is 17.9 Å². The third-order valence-electron chi connectivity index (χ3n) is 4.24. The van der Waals surface area contributed by atoms with Crippen LogP contribution in [0.15, 0.2) is 29.1 Å². The van der Waals surface area contributed by atoms with Crippen LogP contribution in [-0.4, -0.2) is 43.3 Å². The van der Waals surface area contributed by atoms with Crippen molar-refractivity contribution in [3.05, 3.63) is 41.7 Å². The van der Waals surface area contributed by atoms with Gasteiger partial charge in [-0.15, -0.1) is 5.10 Å². The monoisotopic (exact) mass is 342 g/mol. The fourth-order valence-corrected chi connectivity index (χ4v) is 2.88. The molecule has 0 saturated carbocycles. The maximum Gasteiger partial charge on any atom is 0.254 e. The van der Waals surface area contributed by atoms with Gasteiger partial charge in [0.1, 0.15) is 11.5 Å². The van der Waals surface area contributed by atoms with E-state index in [4.69, 9.17) is 9.15 Å². The second-order valence-electron chi connectivity index (χ2n) is 6.00. The summed E-state index contributed by atoms with van der Waals surface area (Å²) in [7, 11) is 1.86. The van der Waals surface area contributed by atoms with E-state index in [0.29, 0.717) is 31.0 Å². The molecule has 0 radical (unpaired) electrons. The summed E-state index contributed by atoms with van der Waals surface area (Å²) in [4.78, 5) is 12.1. The molecule has 0 saturated heterocycles. The Kier molecular flexibility index (Phi) is 3.85. The van der Waals surface area contributed by atoms with Crippen LogP contribution in [0, 0.1) is 6.92 Å². The summed E-state index contributed by atoms with van der Waals surface area (Å²) < 4.78 is 14.6. The minimum atomic E-state index is -0.171. The number of amides is 1. The summed E-state index contributed by atoms with van der Waals surface area (Å²) in [6.07, 6.45) is 4.99. The molecule has 9 nitrogen and oxygen atoms in total. The molecule has 9 heteroatoms. The van der Waals surface area contributed by atoms with Crippen molar-refractivity contribution in [3.63, 3.8) is 0 Å². The van der Waals surface area contributed by atoms with Crippen molar-refractivity contribution in [3.8, 4) is 11.3 Å². The highest BCUT2D eigenvalue weighted by Crippen LogP contribution is 2.24. The van der Waals surface area contributed by atoms with E-state index < -0.39 is 0 Å². The Morgan fingerprint density at radius 2 is 2.36 bits per heavy atom. The normalized spacial score (nSPS) is 16.6. The van der Waals surface area contributed by atoms with Crippen LogP contribution >= 0.6 is 0 Å². The number of carbonyl (C=O) groups excluding carboxylic acids is 1. The molecule has 0 aromatic carbocycles. The maximum absolute atomic E-state index is 12.1. The van der Waals surface area contributed by atoms with Crippen molar-refractivity contribution in [2.75, 3.05) is 6.54 Å². The molecule has 0 unspecified atom stereocenters. The molecule has 1 aliphatic rings. The van der Waals surface area contributed by atoms with Crippen molar-refractivity contribution in [2.45, 2.75) is 26.2 Å². The highest BCUT2D eigenvalue weighted by Gasteiger charge is 2.25. The van der Waals surface area contributed by atoms with E-state index in [0.717, 1.165) is 17.0 Å². The Hall–Kier alpha value is -2.94. The zero-order valence-corrected chi connectivity index (χ0v) is 14.0. The molecule has 0 spiro atoms. The average molecular weight is 342 g/mol. The molecule has 25 heavy (non-hydrogen) atoms. The van der Waals surface area contributed by atoms with Gasteiger partial charge in [-0.2, -0.15) is 5.10 Å². The summed E-state index contributed by atoms with van der Waals surface area (Å²) in [5.41, 5.74) is 3.15. The molecule has 4 rings (SSSR count). The molecule has 0 bridgehead atoms. The summed E-state index contributed by atoms with van der Waals surface area (Å²) >= 11 is 0. The van der Waals surface area contributed by atoms with Crippen LogP contribution in [0.3, 0.4) is 0 Å². The molecule has 1 atom stereocenters. The predicted molar refractivity (Wildman–Crippen MR) is 86.6 cm³/mol. The fraction of sp³-hybridized carbons (Fsp3) is 0.375. The van der Waals surface area contributed by atoms with Crippen molar-refractivity contribution in [1.29, 1.82) is 0 Å². The molecular formula is C16H18N6O3. The first-order chi connectivity index (χ1) is 12.1. The first kappa shape index (κ1) is 15.6. The van der Waals surface area contributed by atoms with Gasteiger partial charge in [-0.1, -0.05) is 5.21 Å². The molecule has 4 heterocycles. The number of furan rings is 1. The third kappa shape index (κ3) is 2.93. The van der Waals surface area contributed by atoms with Crippen molar-refractivity contribution >= 4 is 5.91 Å². The summed E-state index contributed by atoms with van der Waals surface area (Å²) in [5.74, 6) is 0.428. The largest absolute Gasteiger partial charge is 0.469 e. The summed E-state index contributed by atoms with van der Waals surface area (Å²) in [6, 6.07) is 1.65. The highest BCUT2D eigenvalue weighted by molar-refractivity contribution is 5.95. The summed E-state index contributed by atoms with van der Waals surface area (Å²) in [6.45, 7) is 3.08. The predicted octanol–water partition coefficient (Wildman–Crippen LogP) is 0.909. The standard InChI is InChI=1S/C16H18N6O3/c1-10-13(3-4-24-10)16(23)17-6-12-8-22-14(9-25-12)15(19-20-22)11-5-18-21(2)7-11/h3-5,7,12H,6,8-9H2,1-2H3,(H,17,23)/t12-/m0/s1. The number of ether oxygens (including phenoxy) is 1. The number of aromatic nitrogens is 5. The van der Waals surface area contributed by atoms with Crippen LogP contribution in [0.4, 0.5) is 0 Å². The van der Waals surface area contributed by atoms with Gasteiger partial charge in [0.05, 0.1) is 43.0 Å². The Morgan fingerprint density at radius 3 is 3.08 bits per heavy atom. The lowest BCUT2D eigenvalue weighted by Crippen LogP contribution is -2.39. The van der Waals surface area contributed by atoms with Crippen molar-refractivity contribution in [2.24, 2.45) is 7.05 Å². The number of nitrogens with zero attached hydrogens (tertiary/aromatic N) is 5. The van der Waals surface area contributed by atoms with Crippen LogP contribution in [-0.2, 0) is 24.9 Å². The molecule has 3 aromatic heterocycles. The highest BCUT2D eigenvalue weighted by atomic mass is 16.5. The second kappa shape index (κ2) is 6.17. The molecular weight excluding hydrogens is 324 g/mol. The van der Waals surface area contributed by atoms with E-state index in [9.17, 15) is 4.79 Å². The molecule has 1 N–H and O–H groups in total. The van der Waals surface area contributed by atoms with Gasteiger partial charge in [0, 0.05) is 25.4 Å². The number of hydrogen-bond acceptors (Lipinski definition) is 6. The average Bonchev–Trinajstić information content (AvgIpc) is 3.31. The molecule has 3 aromatic rings.